The summed E-state index contributed by atoms with van der Waals surface area (Å²) in [6.45, 7) is 9.41. The van der Waals surface area contributed by atoms with E-state index in [2.05, 4.69) is 23.6 Å². The molecule has 0 aromatic heterocycles. The van der Waals surface area contributed by atoms with E-state index in [0.29, 0.717) is 5.91 Å². The third kappa shape index (κ3) is 2.73. The molecule has 20 heavy (non-hydrogen) atoms. The molecule has 2 saturated heterocycles. The molecule has 0 unspecified atom stereocenters. The SMILES string of the molecule is CC(C)(C(=O)N1C[C@H]2CCC[C@@H](C2)C1)N1CCOCC1. The Hall–Kier alpha value is -0.610. The van der Waals surface area contributed by atoms with Crippen LogP contribution in [0.3, 0.4) is 0 Å². The monoisotopic (exact) mass is 280 g/mol. The second-order valence-electron chi connectivity index (χ2n) is 7.27. The molecule has 2 bridgehead atoms. The van der Waals surface area contributed by atoms with Crippen LogP contribution in [0.15, 0.2) is 0 Å². The van der Waals surface area contributed by atoms with Gasteiger partial charge in [0.25, 0.3) is 0 Å². The van der Waals surface area contributed by atoms with E-state index in [0.717, 1.165) is 51.2 Å². The Morgan fingerprint density at radius 2 is 1.70 bits per heavy atom. The average molecular weight is 280 g/mol. The Morgan fingerprint density at radius 3 is 2.30 bits per heavy atom. The van der Waals surface area contributed by atoms with Crippen LogP contribution < -0.4 is 0 Å². The highest BCUT2D eigenvalue weighted by atomic mass is 16.5. The summed E-state index contributed by atoms with van der Waals surface area (Å²) in [7, 11) is 0. The van der Waals surface area contributed by atoms with Gasteiger partial charge < -0.3 is 9.64 Å². The fourth-order valence-corrected chi connectivity index (χ4v) is 4.24. The van der Waals surface area contributed by atoms with Gasteiger partial charge in [0.15, 0.2) is 0 Å². The predicted octanol–water partition coefficient (Wildman–Crippen LogP) is 1.75. The van der Waals surface area contributed by atoms with Gasteiger partial charge in [0.2, 0.25) is 5.91 Å². The minimum absolute atomic E-state index is 0.330. The van der Waals surface area contributed by atoms with Crippen LogP contribution in [0.5, 0.6) is 0 Å². The Morgan fingerprint density at radius 1 is 1.10 bits per heavy atom. The number of hydrogen-bond donors (Lipinski definition) is 0. The summed E-state index contributed by atoms with van der Waals surface area (Å²) in [6, 6.07) is 0. The lowest BCUT2D eigenvalue weighted by atomic mass is 9.77. The van der Waals surface area contributed by atoms with Crippen molar-refractivity contribution >= 4 is 5.91 Å². The van der Waals surface area contributed by atoms with Crippen molar-refractivity contribution in [1.29, 1.82) is 0 Å². The standard InChI is InChI=1S/C16H28N2O2/c1-16(2,18-6-8-20-9-7-18)15(19)17-11-13-4-3-5-14(10-13)12-17/h13-14H,3-12H2,1-2H3/t13-,14-/m0/s1. The van der Waals surface area contributed by atoms with Crippen LogP contribution in [0.2, 0.25) is 0 Å². The fraction of sp³-hybridized carbons (Fsp3) is 0.938. The first-order valence-electron chi connectivity index (χ1n) is 8.19. The van der Waals surface area contributed by atoms with Gasteiger partial charge in [-0.2, -0.15) is 0 Å². The molecule has 0 N–H and O–H groups in total. The highest BCUT2D eigenvalue weighted by molar-refractivity contribution is 5.85. The van der Waals surface area contributed by atoms with E-state index >= 15 is 0 Å². The largest absolute Gasteiger partial charge is 0.379 e. The van der Waals surface area contributed by atoms with Gasteiger partial charge in [-0.1, -0.05) is 6.42 Å². The lowest BCUT2D eigenvalue weighted by Gasteiger charge is -2.47. The molecular weight excluding hydrogens is 252 g/mol. The molecular formula is C16H28N2O2. The zero-order chi connectivity index (χ0) is 14.2. The van der Waals surface area contributed by atoms with E-state index in [1.165, 1.54) is 25.7 Å². The Bertz CT molecular complexity index is 351. The maximum absolute atomic E-state index is 13.0. The molecule has 4 heteroatoms. The van der Waals surface area contributed by atoms with Gasteiger partial charge in [0, 0.05) is 26.2 Å². The lowest BCUT2D eigenvalue weighted by molar-refractivity contribution is -0.149. The van der Waals surface area contributed by atoms with E-state index in [9.17, 15) is 4.79 Å². The van der Waals surface area contributed by atoms with E-state index in [1.807, 2.05) is 0 Å². The van der Waals surface area contributed by atoms with Gasteiger partial charge in [-0.05, 0) is 44.9 Å². The molecule has 3 aliphatic rings. The van der Waals surface area contributed by atoms with Gasteiger partial charge in [0.05, 0.1) is 18.8 Å². The Labute approximate surface area is 122 Å². The fourth-order valence-electron chi connectivity index (χ4n) is 4.24. The van der Waals surface area contributed by atoms with E-state index in [-0.39, 0.29) is 5.54 Å². The molecule has 114 valence electrons. The molecule has 2 heterocycles. The first-order chi connectivity index (χ1) is 9.57. The lowest BCUT2D eigenvalue weighted by Crippen LogP contribution is -2.61. The maximum Gasteiger partial charge on any atom is 0.242 e. The molecule has 3 fully saturated rings. The van der Waals surface area contributed by atoms with E-state index in [1.54, 1.807) is 0 Å². The van der Waals surface area contributed by atoms with Crippen LogP contribution in [0, 0.1) is 11.8 Å². The first kappa shape index (κ1) is 14.3. The number of piperidine rings is 1. The molecule has 0 aromatic carbocycles. The highest BCUT2D eigenvalue weighted by Crippen LogP contribution is 2.35. The molecule has 1 aliphatic carbocycles. The molecule has 2 aliphatic heterocycles. The number of morpholine rings is 1. The third-order valence-electron chi connectivity index (χ3n) is 5.46. The quantitative estimate of drug-likeness (QED) is 0.772. The molecule has 1 amide bonds. The van der Waals surface area contributed by atoms with Gasteiger partial charge >= 0.3 is 0 Å². The van der Waals surface area contributed by atoms with Crippen molar-refractivity contribution in [3.8, 4) is 0 Å². The van der Waals surface area contributed by atoms with Crippen molar-refractivity contribution in [1.82, 2.24) is 9.80 Å². The van der Waals surface area contributed by atoms with Gasteiger partial charge in [-0.3, -0.25) is 9.69 Å². The summed E-state index contributed by atoms with van der Waals surface area (Å²) in [5.41, 5.74) is -0.380. The molecule has 2 atom stereocenters. The molecule has 1 saturated carbocycles. The Balaban J connectivity index is 1.67. The summed E-state index contributed by atoms with van der Waals surface area (Å²) in [5.74, 6) is 1.84. The van der Waals surface area contributed by atoms with E-state index < -0.39 is 0 Å². The maximum atomic E-state index is 13.0. The number of ether oxygens (including phenoxy) is 1. The summed E-state index contributed by atoms with van der Waals surface area (Å²) in [6.07, 6.45) is 5.35. The summed E-state index contributed by atoms with van der Waals surface area (Å²) in [4.78, 5) is 17.4. The molecule has 0 radical (unpaired) electrons. The van der Waals surface area contributed by atoms with Crippen molar-refractivity contribution in [2.75, 3.05) is 39.4 Å². The van der Waals surface area contributed by atoms with Gasteiger partial charge in [-0.15, -0.1) is 0 Å². The van der Waals surface area contributed by atoms with Crippen LogP contribution in [-0.4, -0.2) is 60.6 Å². The number of amides is 1. The first-order valence-corrected chi connectivity index (χ1v) is 8.19. The second kappa shape index (κ2) is 5.64. The topological polar surface area (TPSA) is 32.8 Å². The number of fused-ring (bicyclic) bond motifs is 2. The van der Waals surface area contributed by atoms with Crippen LogP contribution >= 0.6 is 0 Å². The van der Waals surface area contributed by atoms with Crippen LogP contribution in [0.25, 0.3) is 0 Å². The minimum atomic E-state index is -0.380. The zero-order valence-electron chi connectivity index (χ0n) is 12.9. The number of nitrogens with zero attached hydrogens (tertiary/aromatic N) is 2. The van der Waals surface area contributed by atoms with Crippen LogP contribution in [0.4, 0.5) is 0 Å². The van der Waals surface area contributed by atoms with Crippen LogP contribution in [-0.2, 0) is 9.53 Å². The number of carbonyl (C=O) groups is 1. The van der Waals surface area contributed by atoms with E-state index in [4.69, 9.17) is 4.74 Å². The van der Waals surface area contributed by atoms with Crippen molar-refractivity contribution < 1.29 is 9.53 Å². The number of carbonyl (C=O) groups excluding carboxylic acids is 1. The Kier molecular flexibility index (Phi) is 4.04. The zero-order valence-corrected chi connectivity index (χ0v) is 12.9. The average Bonchev–Trinajstić information content (AvgIpc) is 2.47. The second-order valence-corrected chi connectivity index (χ2v) is 7.27. The van der Waals surface area contributed by atoms with Crippen molar-refractivity contribution in [3.05, 3.63) is 0 Å². The number of likely N-dealkylation sites (tertiary alicyclic amines) is 1. The highest BCUT2D eigenvalue weighted by Gasteiger charge is 2.41. The smallest absolute Gasteiger partial charge is 0.242 e. The summed E-state index contributed by atoms with van der Waals surface area (Å²) in [5, 5.41) is 0. The normalized spacial score (nSPS) is 32.2. The summed E-state index contributed by atoms with van der Waals surface area (Å²) < 4.78 is 5.41. The van der Waals surface area contributed by atoms with Crippen molar-refractivity contribution in [3.63, 3.8) is 0 Å². The molecule has 0 aromatic rings. The van der Waals surface area contributed by atoms with Gasteiger partial charge in [0.1, 0.15) is 0 Å². The number of hydrogen-bond acceptors (Lipinski definition) is 3. The third-order valence-corrected chi connectivity index (χ3v) is 5.46. The van der Waals surface area contributed by atoms with Crippen molar-refractivity contribution in [2.24, 2.45) is 11.8 Å². The number of rotatable bonds is 2. The molecule has 4 nitrogen and oxygen atoms in total. The van der Waals surface area contributed by atoms with Crippen molar-refractivity contribution in [2.45, 2.75) is 45.1 Å². The van der Waals surface area contributed by atoms with Crippen LogP contribution in [0.1, 0.15) is 39.5 Å². The summed E-state index contributed by atoms with van der Waals surface area (Å²) >= 11 is 0. The molecule has 0 spiro atoms. The minimum Gasteiger partial charge on any atom is -0.379 e. The van der Waals surface area contributed by atoms with Gasteiger partial charge in [-0.25, -0.2) is 0 Å². The molecule has 3 rings (SSSR count). The predicted molar refractivity (Wildman–Crippen MR) is 78.5 cm³/mol.